The Bertz CT molecular complexity index is 3500. The van der Waals surface area contributed by atoms with E-state index in [1.165, 1.54) is 77.1 Å². The van der Waals surface area contributed by atoms with Gasteiger partial charge in [0.05, 0.1) is 22.1 Å². The van der Waals surface area contributed by atoms with Crippen LogP contribution in [0.1, 0.15) is 22.6 Å². The van der Waals surface area contributed by atoms with Gasteiger partial charge in [-0.25, -0.2) is 0 Å². The molecule has 0 aliphatic carbocycles. The molecular formula is C63H47N3. The molecule has 0 aliphatic heterocycles. The zero-order chi connectivity index (χ0) is 43.8. The summed E-state index contributed by atoms with van der Waals surface area (Å²) in [7, 11) is 0. The van der Waals surface area contributed by atoms with Gasteiger partial charge in [0.1, 0.15) is 0 Å². The van der Waals surface area contributed by atoms with Gasteiger partial charge in [-0.05, 0) is 132 Å². The zero-order valence-corrected chi connectivity index (χ0v) is 36.6. The van der Waals surface area contributed by atoms with Gasteiger partial charge in [-0.1, -0.05) is 170 Å². The monoisotopic (exact) mass is 845 g/mol. The van der Waals surface area contributed by atoms with Gasteiger partial charge in [0.15, 0.2) is 0 Å². The predicted octanol–water partition coefficient (Wildman–Crippen LogP) is 16.6. The fraction of sp³-hybridized carbons (Fsp3) is 0.0476. The highest BCUT2D eigenvalue weighted by molar-refractivity contribution is 6.10. The van der Waals surface area contributed by atoms with E-state index < -0.39 is 0 Å². The van der Waals surface area contributed by atoms with Gasteiger partial charge in [-0.3, -0.25) is 0 Å². The lowest BCUT2D eigenvalue weighted by molar-refractivity contribution is 0.680. The molecule has 0 radical (unpaired) electrons. The fourth-order valence-corrected chi connectivity index (χ4v) is 10.2. The predicted molar refractivity (Wildman–Crippen MR) is 278 cm³/mol. The third kappa shape index (κ3) is 7.21. The summed E-state index contributed by atoms with van der Waals surface area (Å²) >= 11 is 0. The molecule has 0 amide bonds. The maximum atomic E-state index is 2.40. The normalized spacial score (nSPS) is 12.0. The van der Waals surface area contributed by atoms with E-state index >= 15 is 0 Å². The molecule has 1 atom stereocenters. The molecule has 2 aromatic heterocycles. The highest BCUT2D eigenvalue weighted by Crippen LogP contribution is 2.39. The third-order valence-electron chi connectivity index (χ3n) is 13.4. The first-order valence-corrected chi connectivity index (χ1v) is 23.0. The maximum Gasteiger partial charge on any atom is 0.0541 e. The van der Waals surface area contributed by atoms with Crippen LogP contribution in [0.3, 0.4) is 0 Å². The molecule has 3 heteroatoms. The van der Waals surface area contributed by atoms with E-state index in [-0.39, 0.29) is 0 Å². The molecule has 10 aromatic carbocycles. The van der Waals surface area contributed by atoms with Crippen molar-refractivity contribution < 1.29 is 0 Å². The Kier molecular flexibility index (Phi) is 10.1. The van der Waals surface area contributed by atoms with Crippen molar-refractivity contribution in [2.24, 2.45) is 0 Å². The summed E-state index contributed by atoms with van der Waals surface area (Å²) < 4.78 is 4.77. The average Bonchev–Trinajstić information content (AvgIpc) is 3.91. The Balaban J connectivity index is 0.812. The molecule has 0 spiro atoms. The first-order chi connectivity index (χ1) is 32.7. The minimum Gasteiger partial charge on any atom is -0.311 e. The minimum absolute atomic E-state index is 0.324. The molecule has 0 N–H and O–H groups in total. The van der Waals surface area contributed by atoms with E-state index in [0.29, 0.717) is 5.92 Å². The van der Waals surface area contributed by atoms with Crippen LogP contribution < -0.4 is 4.90 Å². The second kappa shape index (κ2) is 17.0. The maximum absolute atomic E-state index is 2.40. The van der Waals surface area contributed by atoms with Crippen molar-refractivity contribution in [1.29, 1.82) is 0 Å². The van der Waals surface area contributed by atoms with Gasteiger partial charge in [-0.2, -0.15) is 0 Å². The molecule has 2 heterocycles. The second-order valence-corrected chi connectivity index (χ2v) is 17.4. The lowest BCUT2D eigenvalue weighted by atomic mass is 9.86. The highest BCUT2D eigenvalue weighted by atomic mass is 15.1. The zero-order valence-electron chi connectivity index (χ0n) is 36.6. The molecule has 0 fully saturated rings. The van der Waals surface area contributed by atoms with Crippen LogP contribution in [0, 0.1) is 0 Å². The number of aromatic nitrogens is 2. The molecule has 66 heavy (non-hydrogen) atoms. The second-order valence-electron chi connectivity index (χ2n) is 17.4. The van der Waals surface area contributed by atoms with Crippen molar-refractivity contribution in [2.45, 2.75) is 18.8 Å². The molecule has 0 aliphatic rings. The van der Waals surface area contributed by atoms with Crippen LogP contribution in [0.4, 0.5) is 17.1 Å². The Morgan fingerprint density at radius 1 is 0.288 bits per heavy atom. The van der Waals surface area contributed by atoms with Crippen LogP contribution in [0.25, 0.3) is 66.1 Å². The van der Waals surface area contributed by atoms with E-state index in [1.807, 2.05) is 0 Å². The summed E-state index contributed by atoms with van der Waals surface area (Å²) in [6.07, 6.45) is 1.92. The van der Waals surface area contributed by atoms with Crippen LogP contribution in [-0.4, -0.2) is 9.13 Å². The minimum atomic E-state index is 0.324. The van der Waals surface area contributed by atoms with Gasteiger partial charge < -0.3 is 14.0 Å². The van der Waals surface area contributed by atoms with Crippen molar-refractivity contribution in [2.75, 3.05) is 4.90 Å². The van der Waals surface area contributed by atoms with Gasteiger partial charge in [-0.15, -0.1) is 0 Å². The Morgan fingerprint density at radius 2 is 0.621 bits per heavy atom. The van der Waals surface area contributed by atoms with Crippen LogP contribution in [-0.2, 0) is 12.8 Å². The molecule has 0 bridgehead atoms. The topological polar surface area (TPSA) is 13.1 Å². The van der Waals surface area contributed by atoms with Gasteiger partial charge >= 0.3 is 0 Å². The lowest BCUT2D eigenvalue weighted by Gasteiger charge is -2.26. The number of hydrogen-bond acceptors (Lipinski definition) is 1. The summed E-state index contributed by atoms with van der Waals surface area (Å²) in [5.41, 5.74) is 17.0. The van der Waals surface area contributed by atoms with E-state index in [0.717, 1.165) is 35.6 Å². The Morgan fingerprint density at radius 3 is 1.08 bits per heavy atom. The van der Waals surface area contributed by atoms with E-state index in [9.17, 15) is 0 Å². The van der Waals surface area contributed by atoms with Gasteiger partial charge in [0.25, 0.3) is 0 Å². The number of para-hydroxylation sites is 5. The van der Waals surface area contributed by atoms with Crippen molar-refractivity contribution in [3.8, 4) is 22.5 Å². The smallest absolute Gasteiger partial charge is 0.0541 e. The summed E-state index contributed by atoms with van der Waals surface area (Å²) in [5, 5.41) is 5.10. The molecule has 0 saturated carbocycles. The SMILES string of the molecule is c1ccc(CC(Cc2ccc(-c3ccc(N(c4ccccc4)c4ccc(-n5c6ccccc6c6ccccc65)cc4)cc3)cc2)c2ccc(-n3c4ccccc4c4ccccc43)cc2)cc1. The van der Waals surface area contributed by atoms with Crippen molar-refractivity contribution >= 4 is 60.7 Å². The number of nitrogens with zero attached hydrogens (tertiary/aromatic N) is 3. The van der Waals surface area contributed by atoms with E-state index in [2.05, 4.69) is 269 Å². The first kappa shape index (κ1) is 39.2. The molecule has 0 saturated heterocycles. The largest absolute Gasteiger partial charge is 0.311 e. The van der Waals surface area contributed by atoms with Crippen molar-refractivity contribution in [3.63, 3.8) is 0 Å². The van der Waals surface area contributed by atoms with Gasteiger partial charge in [0, 0.05) is 50.0 Å². The van der Waals surface area contributed by atoms with Crippen molar-refractivity contribution in [1.82, 2.24) is 9.13 Å². The molecule has 12 rings (SSSR count). The molecule has 12 aromatic rings. The number of anilines is 3. The lowest BCUT2D eigenvalue weighted by Crippen LogP contribution is -2.10. The quantitative estimate of drug-likeness (QED) is 0.126. The van der Waals surface area contributed by atoms with Gasteiger partial charge in [0.2, 0.25) is 0 Å². The number of hydrogen-bond donors (Lipinski definition) is 0. The molecule has 1 unspecified atom stereocenters. The molecule has 3 nitrogen and oxygen atoms in total. The third-order valence-corrected chi connectivity index (χ3v) is 13.4. The standard InChI is InChI=1S/C63H47N3/c1-3-15-45(16-4-1)43-50(49-33-37-54(38-34-49)65-60-23-11-7-19-56(60)57-20-8-12-24-61(57)65)44-46-27-29-47(30-28-46)48-31-35-52(36-32-48)64(51-17-5-2-6-18-51)53-39-41-55(42-40-53)66-62-25-13-9-21-58(62)59-22-10-14-26-63(59)66/h1-42,50H,43-44H2. The molecular weight excluding hydrogens is 799 g/mol. The number of fused-ring (bicyclic) bond motifs is 6. The summed E-state index contributed by atoms with van der Waals surface area (Å²) in [6.45, 7) is 0. The Hall–Kier alpha value is -8.40. The highest BCUT2D eigenvalue weighted by Gasteiger charge is 2.18. The summed E-state index contributed by atoms with van der Waals surface area (Å²) in [5.74, 6) is 0.324. The fourth-order valence-electron chi connectivity index (χ4n) is 10.2. The van der Waals surface area contributed by atoms with Crippen molar-refractivity contribution in [3.05, 3.63) is 271 Å². The number of benzene rings is 10. The van der Waals surface area contributed by atoms with Crippen LogP contribution >= 0.6 is 0 Å². The molecule has 314 valence electrons. The van der Waals surface area contributed by atoms with Crippen LogP contribution in [0.2, 0.25) is 0 Å². The summed E-state index contributed by atoms with van der Waals surface area (Å²) in [6, 6.07) is 92.9. The van der Waals surface area contributed by atoms with E-state index in [4.69, 9.17) is 0 Å². The van der Waals surface area contributed by atoms with Crippen LogP contribution in [0.15, 0.2) is 255 Å². The Labute approximate surface area is 385 Å². The summed E-state index contributed by atoms with van der Waals surface area (Å²) in [4.78, 5) is 2.34. The average molecular weight is 846 g/mol. The van der Waals surface area contributed by atoms with E-state index in [1.54, 1.807) is 0 Å². The first-order valence-electron chi connectivity index (χ1n) is 23.0. The van der Waals surface area contributed by atoms with Crippen LogP contribution in [0.5, 0.6) is 0 Å². The number of rotatable bonds is 11.